The Labute approximate surface area is 226 Å². The van der Waals surface area contributed by atoms with Crippen LogP contribution < -0.4 is 10.9 Å². The highest BCUT2D eigenvalue weighted by Gasteiger charge is 2.31. The molecule has 2 N–H and O–H groups in total. The van der Waals surface area contributed by atoms with Crippen molar-refractivity contribution in [2.24, 2.45) is 0 Å². The maximum absolute atomic E-state index is 13.1. The normalized spacial score (nSPS) is 11.7. The van der Waals surface area contributed by atoms with Crippen LogP contribution in [0.3, 0.4) is 0 Å². The molecule has 5 aromatic rings. The summed E-state index contributed by atoms with van der Waals surface area (Å²) in [5, 5.41) is 5.08. The average molecular weight is 554 g/mol. The largest absolute Gasteiger partial charge is 0.417 e. The lowest BCUT2D eigenvalue weighted by Gasteiger charge is -2.20. The molecule has 0 fully saturated rings. The van der Waals surface area contributed by atoms with Gasteiger partial charge in [-0.05, 0) is 64.7 Å². The van der Waals surface area contributed by atoms with Crippen LogP contribution in [0.2, 0.25) is 10.0 Å². The number of pyridine rings is 2. The molecule has 0 radical (unpaired) electrons. The first-order chi connectivity index (χ1) is 18.2. The van der Waals surface area contributed by atoms with Crippen molar-refractivity contribution < 1.29 is 13.2 Å². The number of hydrogen-bond acceptors (Lipinski definition) is 3. The first-order valence-corrected chi connectivity index (χ1v) is 12.4. The first-order valence-electron chi connectivity index (χ1n) is 11.6. The second kappa shape index (κ2) is 10.5. The Morgan fingerprint density at radius 2 is 1.42 bits per heavy atom. The molecule has 0 aliphatic rings. The maximum Gasteiger partial charge on any atom is 0.417 e. The fourth-order valence-corrected chi connectivity index (χ4v) is 4.67. The summed E-state index contributed by atoms with van der Waals surface area (Å²) < 4.78 is 39.3. The number of rotatable bonds is 6. The van der Waals surface area contributed by atoms with Gasteiger partial charge in [0.2, 0.25) is 5.56 Å². The molecule has 38 heavy (non-hydrogen) atoms. The van der Waals surface area contributed by atoms with Crippen molar-refractivity contribution in [3.8, 4) is 0 Å². The Morgan fingerprint density at radius 3 is 2.03 bits per heavy atom. The number of anilines is 1. The van der Waals surface area contributed by atoms with Crippen LogP contribution in [0.15, 0.2) is 96.1 Å². The van der Waals surface area contributed by atoms with Crippen LogP contribution in [0.1, 0.15) is 33.7 Å². The number of hydrogen-bond donors (Lipinski definition) is 2. The number of aromatic amines is 1. The number of aromatic nitrogens is 2. The Kier molecular flexibility index (Phi) is 7.15. The van der Waals surface area contributed by atoms with Crippen LogP contribution in [0.5, 0.6) is 0 Å². The minimum atomic E-state index is -4.49. The lowest BCUT2D eigenvalue weighted by atomic mass is 9.84. The zero-order valence-electron chi connectivity index (χ0n) is 19.7. The fraction of sp³-hybridized carbons (Fsp3) is 0.103. The van der Waals surface area contributed by atoms with Crippen LogP contribution >= 0.6 is 23.2 Å². The van der Waals surface area contributed by atoms with Gasteiger partial charge in [0.1, 0.15) is 0 Å². The third kappa shape index (κ3) is 5.69. The SMILES string of the molecule is O=c1cc(NCc2cncc(C(F)(F)F)c2)c2cc(C(c3ccc(Cl)cc3)c3ccc(Cl)cc3)ccc2[nH]1. The highest BCUT2D eigenvalue weighted by molar-refractivity contribution is 6.30. The monoisotopic (exact) mass is 553 g/mol. The number of H-pyrrole nitrogens is 1. The van der Waals surface area contributed by atoms with Crippen molar-refractivity contribution in [3.63, 3.8) is 0 Å². The molecule has 2 aromatic heterocycles. The van der Waals surface area contributed by atoms with E-state index in [1.807, 2.05) is 66.7 Å². The minimum absolute atomic E-state index is 0.0531. The molecule has 4 nitrogen and oxygen atoms in total. The second-order valence-electron chi connectivity index (χ2n) is 8.82. The Morgan fingerprint density at radius 1 is 0.816 bits per heavy atom. The van der Waals surface area contributed by atoms with Crippen LogP contribution in [0, 0.1) is 0 Å². The molecule has 2 heterocycles. The van der Waals surface area contributed by atoms with E-state index in [0.717, 1.165) is 34.3 Å². The van der Waals surface area contributed by atoms with E-state index in [2.05, 4.69) is 15.3 Å². The number of nitrogens with zero attached hydrogens (tertiary/aromatic N) is 1. The van der Waals surface area contributed by atoms with Crippen LogP contribution in [0.4, 0.5) is 18.9 Å². The molecule has 9 heteroatoms. The summed E-state index contributed by atoms with van der Waals surface area (Å²) in [7, 11) is 0. The number of halogens is 5. The van der Waals surface area contributed by atoms with Crippen molar-refractivity contribution in [2.75, 3.05) is 5.32 Å². The van der Waals surface area contributed by atoms with E-state index >= 15 is 0 Å². The standard InChI is InChI=1S/C29H20Cl2F3N3O/c30-22-6-1-18(2-7-22)28(19-3-8-23(31)9-4-19)20-5-10-25-24(12-20)26(13-27(38)37-25)36-15-17-11-21(16-35-14-17)29(32,33)34/h1-14,16,28H,15H2,(H2,36,37,38). The number of alkyl halides is 3. The molecule has 0 spiro atoms. The summed E-state index contributed by atoms with van der Waals surface area (Å²) >= 11 is 12.3. The summed E-state index contributed by atoms with van der Waals surface area (Å²) in [6.07, 6.45) is -2.35. The van der Waals surface area contributed by atoms with Gasteiger partial charge in [-0.25, -0.2) is 0 Å². The summed E-state index contributed by atoms with van der Waals surface area (Å²) in [5.74, 6) is -0.165. The van der Waals surface area contributed by atoms with E-state index in [-0.39, 0.29) is 18.0 Å². The zero-order valence-corrected chi connectivity index (χ0v) is 21.2. The fourth-order valence-electron chi connectivity index (χ4n) is 4.42. The summed E-state index contributed by atoms with van der Waals surface area (Å²) in [4.78, 5) is 18.9. The van der Waals surface area contributed by atoms with Gasteiger partial charge in [-0.2, -0.15) is 13.2 Å². The molecule has 0 aliphatic heterocycles. The van der Waals surface area contributed by atoms with Gasteiger partial charge in [0.15, 0.2) is 0 Å². The lowest BCUT2D eigenvalue weighted by Crippen LogP contribution is -2.11. The van der Waals surface area contributed by atoms with Gasteiger partial charge >= 0.3 is 6.18 Å². The van der Waals surface area contributed by atoms with Crippen LogP contribution in [-0.2, 0) is 12.7 Å². The average Bonchev–Trinajstić information content (AvgIpc) is 2.89. The van der Waals surface area contributed by atoms with E-state index in [1.165, 1.54) is 12.3 Å². The van der Waals surface area contributed by atoms with Gasteiger partial charge in [-0.3, -0.25) is 9.78 Å². The van der Waals surface area contributed by atoms with Crippen molar-refractivity contribution in [1.29, 1.82) is 0 Å². The van der Waals surface area contributed by atoms with Crippen molar-refractivity contribution >= 4 is 39.8 Å². The third-order valence-electron chi connectivity index (χ3n) is 6.21. The highest BCUT2D eigenvalue weighted by Crippen LogP contribution is 2.36. The first kappa shape index (κ1) is 25.8. The van der Waals surface area contributed by atoms with Crippen molar-refractivity contribution in [1.82, 2.24) is 9.97 Å². The lowest BCUT2D eigenvalue weighted by molar-refractivity contribution is -0.137. The summed E-state index contributed by atoms with van der Waals surface area (Å²) in [5.41, 5.74) is 3.22. The highest BCUT2D eigenvalue weighted by atomic mass is 35.5. The smallest absolute Gasteiger partial charge is 0.380 e. The molecule has 5 rings (SSSR count). The Bertz CT molecular complexity index is 1600. The quantitative estimate of drug-likeness (QED) is 0.209. The van der Waals surface area contributed by atoms with Crippen LogP contribution in [0.25, 0.3) is 10.9 Å². The van der Waals surface area contributed by atoms with Gasteiger partial charge in [-0.15, -0.1) is 0 Å². The molecule has 0 atom stereocenters. The summed E-state index contributed by atoms with van der Waals surface area (Å²) in [6.45, 7) is 0.0531. The molecule has 0 saturated carbocycles. The van der Waals surface area contributed by atoms with Crippen LogP contribution in [-0.4, -0.2) is 9.97 Å². The molecule has 0 saturated heterocycles. The molecule has 0 bridgehead atoms. The Balaban J connectivity index is 1.56. The molecule has 192 valence electrons. The van der Waals surface area contributed by atoms with E-state index in [0.29, 0.717) is 26.8 Å². The van der Waals surface area contributed by atoms with Gasteiger partial charge < -0.3 is 10.3 Å². The Hall–Kier alpha value is -3.81. The van der Waals surface area contributed by atoms with Gasteiger partial charge in [-0.1, -0.05) is 53.5 Å². The third-order valence-corrected chi connectivity index (χ3v) is 6.72. The predicted octanol–water partition coefficient (Wildman–Crippen LogP) is 8.04. The maximum atomic E-state index is 13.1. The molecule has 3 aromatic carbocycles. The van der Waals surface area contributed by atoms with E-state index in [4.69, 9.17) is 23.2 Å². The zero-order chi connectivity index (χ0) is 26.9. The van der Waals surface area contributed by atoms with Crippen molar-refractivity contribution in [2.45, 2.75) is 18.6 Å². The number of benzene rings is 3. The van der Waals surface area contributed by atoms with Gasteiger partial charge in [0, 0.05) is 52.0 Å². The van der Waals surface area contributed by atoms with E-state index in [9.17, 15) is 18.0 Å². The number of fused-ring (bicyclic) bond motifs is 1. The number of nitrogens with one attached hydrogen (secondary N) is 2. The molecular formula is C29H20Cl2F3N3O. The molecule has 0 unspecified atom stereocenters. The molecule has 0 amide bonds. The minimum Gasteiger partial charge on any atom is -0.380 e. The van der Waals surface area contributed by atoms with Crippen molar-refractivity contribution in [3.05, 3.63) is 139 Å². The second-order valence-corrected chi connectivity index (χ2v) is 9.69. The topological polar surface area (TPSA) is 57.8 Å². The van der Waals surface area contributed by atoms with Gasteiger partial charge in [0.25, 0.3) is 0 Å². The van der Waals surface area contributed by atoms with E-state index < -0.39 is 11.7 Å². The molecular weight excluding hydrogens is 534 g/mol. The van der Waals surface area contributed by atoms with E-state index in [1.54, 1.807) is 0 Å². The summed E-state index contributed by atoms with van der Waals surface area (Å²) in [6, 6.07) is 23.3. The predicted molar refractivity (Wildman–Crippen MR) is 145 cm³/mol. The van der Waals surface area contributed by atoms with Gasteiger partial charge in [0.05, 0.1) is 11.1 Å². The molecule has 0 aliphatic carbocycles.